The Morgan fingerprint density at radius 3 is 2.95 bits per heavy atom. The molecule has 0 aliphatic rings. The Labute approximate surface area is 129 Å². The van der Waals surface area contributed by atoms with Crippen molar-refractivity contribution in [1.29, 1.82) is 0 Å². The van der Waals surface area contributed by atoms with Crippen LogP contribution in [0.4, 0.5) is 5.95 Å². The molecule has 7 heteroatoms. The number of aromatic nitrogens is 4. The van der Waals surface area contributed by atoms with Crippen LogP contribution in [0.25, 0.3) is 16.0 Å². The zero-order valence-corrected chi connectivity index (χ0v) is 13.6. The van der Waals surface area contributed by atoms with Crippen LogP contribution in [0, 0.1) is 6.92 Å². The van der Waals surface area contributed by atoms with Crippen LogP contribution < -0.4 is 5.32 Å². The molecule has 0 spiro atoms. The van der Waals surface area contributed by atoms with Gasteiger partial charge in [0.25, 0.3) is 0 Å². The second kappa shape index (κ2) is 5.49. The summed E-state index contributed by atoms with van der Waals surface area (Å²) in [5.41, 5.74) is 0. The van der Waals surface area contributed by atoms with E-state index in [0.717, 1.165) is 33.5 Å². The molecular formula is C13H14BrN5S. The van der Waals surface area contributed by atoms with Crippen LogP contribution >= 0.6 is 27.3 Å². The smallest absolute Gasteiger partial charge is 0.226 e. The predicted molar refractivity (Wildman–Crippen MR) is 85.8 cm³/mol. The minimum Gasteiger partial charge on any atom is -0.354 e. The average Bonchev–Trinajstić information content (AvgIpc) is 3.00. The SMILES string of the molecule is CCCNc1nc(-n2cc(Br)cn2)c2cc(C)sc2n1. The molecule has 3 rings (SSSR count). The number of aryl methyl sites for hydroxylation is 1. The van der Waals surface area contributed by atoms with Crippen LogP contribution in [0.2, 0.25) is 0 Å². The maximum absolute atomic E-state index is 4.60. The zero-order chi connectivity index (χ0) is 14.1. The molecule has 0 aromatic carbocycles. The molecular weight excluding hydrogens is 338 g/mol. The highest BCUT2D eigenvalue weighted by Crippen LogP contribution is 2.28. The van der Waals surface area contributed by atoms with Crippen molar-refractivity contribution in [3.05, 3.63) is 27.8 Å². The van der Waals surface area contributed by atoms with E-state index in [0.29, 0.717) is 5.95 Å². The number of nitrogens with zero attached hydrogens (tertiary/aromatic N) is 4. The number of nitrogens with one attached hydrogen (secondary N) is 1. The van der Waals surface area contributed by atoms with Gasteiger partial charge in [0, 0.05) is 17.6 Å². The summed E-state index contributed by atoms with van der Waals surface area (Å²) in [6.07, 6.45) is 4.69. The van der Waals surface area contributed by atoms with Gasteiger partial charge in [-0.2, -0.15) is 10.1 Å². The fraction of sp³-hybridized carbons (Fsp3) is 0.308. The van der Waals surface area contributed by atoms with Gasteiger partial charge in [-0.25, -0.2) is 9.67 Å². The molecule has 0 amide bonds. The van der Waals surface area contributed by atoms with Crippen LogP contribution in [0.3, 0.4) is 0 Å². The standard InChI is InChI=1S/C13H14BrN5S/c1-3-4-15-13-17-11(19-7-9(14)6-16-19)10-5-8(2)20-12(10)18-13/h5-7H,3-4H2,1-2H3,(H,15,17,18). The van der Waals surface area contributed by atoms with Gasteiger partial charge in [-0.3, -0.25) is 0 Å². The topological polar surface area (TPSA) is 55.6 Å². The highest BCUT2D eigenvalue weighted by molar-refractivity contribution is 9.10. The summed E-state index contributed by atoms with van der Waals surface area (Å²) in [6, 6.07) is 2.11. The number of thiophene rings is 1. The molecule has 3 heterocycles. The van der Waals surface area contributed by atoms with Crippen LogP contribution in [0.15, 0.2) is 22.9 Å². The van der Waals surface area contributed by atoms with E-state index in [1.165, 1.54) is 4.88 Å². The van der Waals surface area contributed by atoms with E-state index in [1.807, 2.05) is 6.20 Å². The highest BCUT2D eigenvalue weighted by Gasteiger charge is 2.12. The maximum Gasteiger partial charge on any atom is 0.226 e. The molecule has 3 aromatic heterocycles. The molecule has 20 heavy (non-hydrogen) atoms. The lowest BCUT2D eigenvalue weighted by atomic mass is 10.3. The highest BCUT2D eigenvalue weighted by atomic mass is 79.9. The lowest BCUT2D eigenvalue weighted by Crippen LogP contribution is -2.07. The van der Waals surface area contributed by atoms with Crippen LogP contribution in [0.1, 0.15) is 18.2 Å². The van der Waals surface area contributed by atoms with Crippen molar-refractivity contribution in [3.63, 3.8) is 0 Å². The first-order valence-corrected chi connectivity index (χ1v) is 8.01. The number of fused-ring (bicyclic) bond motifs is 1. The molecule has 0 radical (unpaired) electrons. The summed E-state index contributed by atoms with van der Waals surface area (Å²) in [5, 5.41) is 8.60. The number of hydrogen-bond acceptors (Lipinski definition) is 5. The van der Waals surface area contributed by atoms with Gasteiger partial charge in [0.2, 0.25) is 5.95 Å². The molecule has 0 unspecified atom stereocenters. The average molecular weight is 352 g/mol. The summed E-state index contributed by atoms with van der Waals surface area (Å²) in [7, 11) is 0. The van der Waals surface area contributed by atoms with Crippen molar-refractivity contribution in [2.24, 2.45) is 0 Å². The first-order valence-electron chi connectivity index (χ1n) is 6.40. The Morgan fingerprint density at radius 1 is 1.40 bits per heavy atom. The molecule has 0 atom stereocenters. The fourth-order valence-corrected chi connectivity index (χ4v) is 3.09. The second-order valence-corrected chi connectivity index (χ2v) is 6.63. The van der Waals surface area contributed by atoms with Crippen LogP contribution in [-0.4, -0.2) is 26.3 Å². The molecule has 0 saturated carbocycles. The van der Waals surface area contributed by atoms with E-state index in [1.54, 1.807) is 22.2 Å². The quantitative estimate of drug-likeness (QED) is 0.777. The summed E-state index contributed by atoms with van der Waals surface area (Å²) in [4.78, 5) is 11.4. The van der Waals surface area contributed by atoms with Gasteiger partial charge in [-0.05, 0) is 35.3 Å². The van der Waals surface area contributed by atoms with Crippen molar-refractivity contribution in [2.75, 3.05) is 11.9 Å². The Bertz CT molecular complexity index is 748. The molecule has 0 fully saturated rings. The monoisotopic (exact) mass is 351 g/mol. The van der Waals surface area contributed by atoms with E-state index in [2.05, 4.69) is 56.2 Å². The van der Waals surface area contributed by atoms with Gasteiger partial charge in [0.15, 0.2) is 5.82 Å². The van der Waals surface area contributed by atoms with E-state index in [9.17, 15) is 0 Å². The number of rotatable bonds is 4. The Balaban J connectivity index is 2.16. The summed E-state index contributed by atoms with van der Waals surface area (Å²) < 4.78 is 2.71. The largest absolute Gasteiger partial charge is 0.354 e. The minimum absolute atomic E-state index is 0.655. The van der Waals surface area contributed by atoms with Crippen LogP contribution in [0.5, 0.6) is 0 Å². The normalized spacial score (nSPS) is 11.2. The van der Waals surface area contributed by atoms with E-state index >= 15 is 0 Å². The van der Waals surface area contributed by atoms with Gasteiger partial charge < -0.3 is 5.32 Å². The zero-order valence-electron chi connectivity index (χ0n) is 11.2. The van der Waals surface area contributed by atoms with E-state index < -0.39 is 0 Å². The predicted octanol–water partition coefficient (Wildman–Crippen LogP) is 3.77. The molecule has 0 bridgehead atoms. The number of halogens is 1. The molecule has 1 N–H and O–H groups in total. The van der Waals surface area contributed by atoms with Crippen molar-refractivity contribution in [3.8, 4) is 5.82 Å². The minimum atomic E-state index is 0.655. The maximum atomic E-state index is 4.60. The second-order valence-electron chi connectivity index (χ2n) is 4.48. The van der Waals surface area contributed by atoms with Gasteiger partial charge in [-0.1, -0.05) is 6.92 Å². The lowest BCUT2D eigenvalue weighted by molar-refractivity contribution is 0.848. The van der Waals surface area contributed by atoms with Gasteiger partial charge in [-0.15, -0.1) is 11.3 Å². The first kappa shape index (κ1) is 13.5. The summed E-state index contributed by atoms with van der Waals surface area (Å²) in [5.74, 6) is 1.46. The number of hydrogen-bond donors (Lipinski definition) is 1. The number of anilines is 1. The summed E-state index contributed by atoms with van der Waals surface area (Å²) in [6.45, 7) is 5.05. The fourth-order valence-electron chi connectivity index (χ4n) is 1.93. The third-order valence-electron chi connectivity index (χ3n) is 2.80. The van der Waals surface area contributed by atoms with E-state index in [-0.39, 0.29) is 0 Å². The molecule has 104 valence electrons. The van der Waals surface area contributed by atoms with Crippen LogP contribution in [-0.2, 0) is 0 Å². The Kier molecular flexibility index (Phi) is 3.71. The van der Waals surface area contributed by atoms with Crippen molar-refractivity contribution < 1.29 is 0 Å². The molecule has 3 aromatic rings. The molecule has 5 nitrogen and oxygen atoms in total. The van der Waals surface area contributed by atoms with Crippen molar-refractivity contribution in [2.45, 2.75) is 20.3 Å². The van der Waals surface area contributed by atoms with E-state index in [4.69, 9.17) is 0 Å². The Morgan fingerprint density at radius 2 is 2.25 bits per heavy atom. The van der Waals surface area contributed by atoms with Crippen molar-refractivity contribution >= 4 is 43.4 Å². The molecule has 0 saturated heterocycles. The molecule has 0 aliphatic heterocycles. The third-order valence-corrected chi connectivity index (χ3v) is 4.15. The summed E-state index contributed by atoms with van der Waals surface area (Å²) >= 11 is 5.09. The van der Waals surface area contributed by atoms with Gasteiger partial charge in [0.1, 0.15) is 4.83 Å². The molecule has 0 aliphatic carbocycles. The van der Waals surface area contributed by atoms with Gasteiger partial charge >= 0.3 is 0 Å². The third kappa shape index (κ3) is 2.55. The Hall–Kier alpha value is -1.47. The van der Waals surface area contributed by atoms with Gasteiger partial charge in [0.05, 0.1) is 16.1 Å². The van der Waals surface area contributed by atoms with Crippen molar-refractivity contribution in [1.82, 2.24) is 19.7 Å². The first-order chi connectivity index (χ1) is 9.67. The lowest BCUT2D eigenvalue weighted by Gasteiger charge is -2.07.